The van der Waals surface area contributed by atoms with Crippen LogP contribution in [-0.2, 0) is 4.74 Å². The number of hydrogen-bond acceptors (Lipinski definition) is 3. The van der Waals surface area contributed by atoms with E-state index in [1.807, 2.05) is 40.7 Å². The summed E-state index contributed by atoms with van der Waals surface area (Å²) in [6.07, 6.45) is 0.363. The molecule has 0 spiro atoms. The van der Waals surface area contributed by atoms with Crippen molar-refractivity contribution in [3.63, 3.8) is 0 Å². The van der Waals surface area contributed by atoms with Crippen LogP contribution in [0.4, 0.5) is 9.18 Å². The number of amides is 1. The van der Waals surface area contributed by atoms with Gasteiger partial charge in [0.15, 0.2) is 0 Å². The first kappa shape index (κ1) is 18.4. The second kappa shape index (κ2) is 8.13. The third-order valence-corrected chi connectivity index (χ3v) is 3.23. The van der Waals surface area contributed by atoms with E-state index in [2.05, 4.69) is 10.6 Å². The summed E-state index contributed by atoms with van der Waals surface area (Å²) >= 11 is 0. The molecule has 1 aromatic carbocycles. The second-order valence-corrected chi connectivity index (χ2v) is 6.44. The number of hydrogen-bond donors (Lipinski definition) is 2. The van der Waals surface area contributed by atoms with E-state index in [9.17, 15) is 9.18 Å². The molecule has 0 aliphatic heterocycles. The molecule has 0 bridgehead atoms. The highest BCUT2D eigenvalue weighted by molar-refractivity contribution is 5.68. The van der Waals surface area contributed by atoms with Crippen molar-refractivity contribution in [3.05, 3.63) is 35.6 Å². The van der Waals surface area contributed by atoms with Crippen molar-refractivity contribution in [2.75, 3.05) is 6.54 Å². The summed E-state index contributed by atoms with van der Waals surface area (Å²) in [5.74, 6) is -0.245. The zero-order valence-electron chi connectivity index (χ0n) is 14.1. The molecule has 4 nitrogen and oxygen atoms in total. The first-order valence-corrected chi connectivity index (χ1v) is 7.69. The van der Waals surface area contributed by atoms with Gasteiger partial charge >= 0.3 is 6.09 Å². The molecule has 0 heterocycles. The molecular formula is C17H27FN2O2. The van der Waals surface area contributed by atoms with Crippen molar-refractivity contribution in [2.45, 2.75) is 58.7 Å². The van der Waals surface area contributed by atoms with Gasteiger partial charge in [-0.2, -0.15) is 0 Å². The predicted octanol–water partition coefficient (Wildman–Crippen LogP) is 3.78. The summed E-state index contributed by atoms with van der Waals surface area (Å²) in [6.45, 7) is 10.0. The standard InChI is InChI=1S/C17H27FN2O2/c1-6-15(20-16(21)22-17(3,4)5)11-19-12(2)13-8-7-9-14(18)10-13/h7-10,12,15,19H,6,11H2,1-5H3,(H,20,21). The van der Waals surface area contributed by atoms with Crippen molar-refractivity contribution < 1.29 is 13.9 Å². The highest BCUT2D eigenvalue weighted by atomic mass is 19.1. The lowest BCUT2D eigenvalue weighted by atomic mass is 10.1. The molecule has 0 fully saturated rings. The molecule has 2 unspecified atom stereocenters. The van der Waals surface area contributed by atoms with Crippen LogP contribution in [-0.4, -0.2) is 24.3 Å². The van der Waals surface area contributed by atoms with Gasteiger partial charge in [0.2, 0.25) is 0 Å². The number of rotatable bonds is 6. The maximum Gasteiger partial charge on any atom is 0.407 e. The maximum atomic E-state index is 13.2. The number of halogens is 1. The molecule has 1 aromatic rings. The van der Waals surface area contributed by atoms with E-state index in [4.69, 9.17) is 4.74 Å². The van der Waals surface area contributed by atoms with E-state index in [1.165, 1.54) is 12.1 Å². The number of benzene rings is 1. The molecule has 5 heteroatoms. The Morgan fingerprint density at radius 1 is 1.36 bits per heavy atom. The lowest BCUT2D eigenvalue weighted by Gasteiger charge is -2.24. The van der Waals surface area contributed by atoms with Crippen molar-refractivity contribution in [1.82, 2.24) is 10.6 Å². The monoisotopic (exact) mass is 310 g/mol. The first-order valence-electron chi connectivity index (χ1n) is 7.69. The normalized spacial score (nSPS) is 14.3. The molecule has 22 heavy (non-hydrogen) atoms. The fourth-order valence-corrected chi connectivity index (χ4v) is 1.98. The molecule has 0 aliphatic rings. The molecule has 1 amide bonds. The van der Waals surface area contributed by atoms with Crippen molar-refractivity contribution in [1.29, 1.82) is 0 Å². The molecule has 2 N–H and O–H groups in total. The molecule has 0 aliphatic carbocycles. The average molecular weight is 310 g/mol. The minimum atomic E-state index is -0.509. The SMILES string of the molecule is CCC(CNC(C)c1cccc(F)c1)NC(=O)OC(C)(C)C. The van der Waals surface area contributed by atoms with Gasteiger partial charge in [-0.1, -0.05) is 19.1 Å². The van der Waals surface area contributed by atoms with Crippen LogP contribution in [0, 0.1) is 5.82 Å². The lowest BCUT2D eigenvalue weighted by Crippen LogP contribution is -2.44. The van der Waals surface area contributed by atoms with Crippen LogP contribution < -0.4 is 10.6 Å². The van der Waals surface area contributed by atoms with Gasteiger partial charge in [-0.3, -0.25) is 0 Å². The van der Waals surface area contributed by atoms with E-state index < -0.39 is 11.7 Å². The van der Waals surface area contributed by atoms with Crippen LogP contribution >= 0.6 is 0 Å². The van der Waals surface area contributed by atoms with Gasteiger partial charge in [-0.05, 0) is 51.8 Å². The summed E-state index contributed by atoms with van der Waals surface area (Å²) in [4.78, 5) is 11.8. The third-order valence-electron chi connectivity index (χ3n) is 3.23. The smallest absolute Gasteiger partial charge is 0.407 e. The minimum Gasteiger partial charge on any atom is -0.444 e. The Morgan fingerprint density at radius 3 is 2.59 bits per heavy atom. The first-order chi connectivity index (χ1) is 10.2. The van der Waals surface area contributed by atoms with E-state index in [-0.39, 0.29) is 17.9 Å². The van der Waals surface area contributed by atoms with E-state index in [0.717, 1.165) is 12.0 Å². The van der Waals surface area contributed by atoms with Crippen LogP contribution in [0.5, 0.6) is 0 Å². The second-order valence-electron chi connectivity index (χ2n) is 6.44. The van der Waals surface area contributed by atoms with Gasteiger partial charge < -0.3 is 15.4 Å². The Labute approximate surface area is 132 Å². The summed E-state index contributed by atoms with van der Waals surface area (Å²) in [5, 5.41) is 6.15. The van der Waals surface area contributed by atoms with Gasteiger partial charge in [0.05, 0.1) is 0 Å². The van der Waals surface area contributed by atoms with E-state index in [1.54, 1.807) is 6.07 Å². The highest BCUT2D eigenvalue weighted by Crippen LogP contribution is 2.13. The van der Waals surface area contributed by atoms with E-state index in [0.29, 0.717) is 6.54 Å². The van der Waals surface area contributed by atoms with Gasteiger partial charge in [0, 0.05) is 18.6 Å². The Morgan fingerprint density at radius 2 is 2.05 bits per heavy atom. The fourth-order valence-electron chi connectivity index (χ4n) is 1.98. The summed E-state index contributed by atoms with van der Waals surface area (Å²) in [7, 11) is 0. The predicted molar refractivity (Wildman–Crippen MR) is 86.3 cm³/mol. The van der Waals surface area contributed by atoms with Gasteiger partial charge in [-0.15, -0.1) is 0 Å². The quantitative estimate of drug-likeness (QED) is 0.840. The van der Waals surface area contributed by atoms with Crippen molar-refractivity contribution >= 4 is 6.09 Å². The molecule has 0 saturated carbocycles. The molecule has 1 rings (SSSR count). The molecule has 0 aromatic heterocycles. The number of ether oxygens (including phenoxy) is 1. The zero-order chi connectivity index (χ0) is 16.8. The average Bonchev–Trinajstić information content (AvgIpc) is 2.41. The molecule has 0 saturated heterocycles. The minimum absolute atomic E-state index is 0.00480. The van der Waals surface area contributed by atoms with Crippen LogP contribution in [0.15, 0.2) is 24.3 Å². The summed E-state index contributed by atoms with van der Waals surface area (Å²) in [6, 6.07) is 6.48. The third kappa shape index (κ3) is 6.89. The highest BCUT2D eigenvalue weighted by Gasteiger charge is 2.19. The maximum absolute atomic E-state index is 13.2. The molecular weight excluding hydrogens is 283 g/mol. The Hall–Kier alpha value is -1.62. The number of nitrogens with one attached hydrogen (secondary N) is 2. The topological polar surface area (TPSA) is 50.4 Å². The van der Waals surface area contributed by atoms with Crippen LogP contribution in [0.1, 0.15) is 52.6 Å². The molecule has 0 radical (unpaired) electrons. The largest absolute Gasteiger partial charge is 0.444 e. The van der Waals surface area contributed by atoms with Crippen molar-refractivity contribution in [3.8, 4) is 0 Å². The van der Waals surface area contributed by atoms with E-state index >= 15 is 0 Å². The van der Waals surface area contributed by atoms with Gasteiger partial charge in [0.25, 0.3) is 0 Å². The van der Waals surface area contributed by atoms with Crippen LogP contribution in [0.3, 0.4) is 0 Å². The van der Waals surface area contributed by atoms with Gasteiger partial charge in [0.1, 0.15) is 11.4 Å². The Balaban J connectivity index is 2.48. The molecule has 2 atom stereocenters. The Bertz CT molecular complexity index is 486. The zero-order valence-corrected chi connectivity index (χ0v) is 14.1. The number of carbonyl (C=O) groups is 1. The molecule has 124 valence electrons. The van der Waals surface area contributed by atoms with Gasteiger partial charge in [-0.25, -0.2) is 9.18 Å². The summed E-state index contributed by atoms with van der Waals surface area (Å²) in [5.41, 5.74) is 0.372. The fraction of sp³-hybridized carbons (Fsp3) is 0.588. The van der Waals surface area contributed by atoms with Crippen LogP contribution in [0.2, 0.25) is 0 Å². The summed E-state index contributed by atoms with van der Waals surface area (Å²) < 4.78 is 18.5. The Kier molecular flexibility index (Phi) is 6.81. The number of alkyl carbamates (subject to hydrolysis) is 1. The lowest BCUT2D eigenvalue weighted by molar-refractivity contribution is 0.0502. The van der Waals surface area contributed by atoms with Crippen LogP contribution in [0.25, 0.3) is 0 Å². The van der Waals surface area contributed by atoms with Crippen molar-refractivity contribution in [2.24, 2.45) is 0 Å². The number of carbonyl (C=O) groups excluding carboxylic acids is 1.